The van der Waals surface area contributed by atoms with Crippen molar-refractivity contribution in [2.75, 3.05) is 39.8 Å². The van der Waals surface area contributed by atoms with Gasteiger partial charge in [0, 0.05) is 13.1 Å². The number of amides is 1. The summed E-state index contributed by atoms with van der Waals surface area (Å²) >= 11 is 0. The van der Waals surface area contributed by atoms with Gasteiger partial charge >= 0.3 is 0 Å². The van der Waals surface area contributed by atoms with Crippen molar-refractivity contribution in [3.8, 4) is 6.07 Å². The molecule has 6 heteroatoms. The van der Waals surface area contributed by atoms with Crippen LogP contribution in [-0.4, -0.2) is 72.2 Å². The minimum atomic E-state index is -0.704. The van der Waals surface area contributed by atoms with Gasteiger partial charge in [0.25, 0.3) is 0 Å². The SMILES string of the molecule is C[C@@H](O)CN1CCC(CN(C)CC(=O)N[C@](C)(C#N)C2CC2)CC1. The number of rotatable bonds is 8. The predicted molar refractivity (Wildman–Crippen MR) is 93.2 cm³/mol. The summed E-state index contributed by atoms with van der Waals surface area (Å²) in [5.41, 5.74) is -0.704. The number of hydrogen-bond donors (Lipinski definition) is 2. The highest BCUT2D eigenvalue weighted by Gasteiger charge is 2.43. The van der Waals surface area contributed by atoms with Gasteiger partial charge in [-0.15, -0.1) is 0 Å². The summed E-state index contributed by atoms with van der Waals surface area (Å²) in [7, 11) is 1.97. The maximum atomic E-state index is 12.2. The van der Waals surface area contributed by atoms with Crippen LogP contribution < -0.4 is 5.32 Å². The van der Waals surface area contributed by atoms with Crippen molar-refractivity contribution in [1.82, 2.24) is 15.1 Å². The minimum absolute atomic E-state index is 0.0556. The largest absolute Gasteiger partial charge is 0.392 e. The number of nitriles is 1. The van der Waals surface area contributed by atoms with Gasteiger partial charge in [-0.3, -0.25) is 9.69 Å². The number of aliphatic hydroxyl groups is 1. The van der Waals surface area contributed by atoms with Gasteiger partial charge in [-0.2, -0.15) is 5.26 Å². The molecule has 0 aromatic carbocycles. The third-order valence-electron chi connectivity index (χ3n) is 5.24. The second kappa shape index (κ2) is 8.28. The molecule has 136 valence electrons. The van der Waals surface area contributed by atoms with Gasteiger partial charge in [0.05, 0.1) is 18.7 Å². The average molecular weight is 336 g/mol. The van der Waals surface area contributed by atoms with Crippen LogP contribution >= 0.6 is 0 Å². The monoisotopic (exact) mass is 336 g/mol. The molecule has 2 aliphatic rings. The molecule has 0 aromatic heterocycles. The number of nitrogens with zero attached hydrogens (tertiary/aromatic N) is 3. The third kappa shape index (κ3) is 5.73. The standard InChI is InChI=1S/C18H32N4O2/c1-14(23)10-22-8-6-15(7-9-22)11-21(3)12-17(24)20-18(2,13-19)16-4-5-16/h14-16,23H,4-12H2,1-3H3,(H,20,24)/t14-,18-/m1/s1. The van der Waals surface area contributed by atoms with Crippen LogP contribution in [0.3, 0.4) is 0 Å². The number of β-amino-alcohol motifs (C(OH)–C–C–N with tert-alkyl or cyclic N) is 1. The molecule has 1 aliphatic carbocycles. The van der Waals surface area contributed by atoms with Gasteiger partial charge in [-0.1, -0.05) is 0 Å². The van der Waals surface area contributed by atoms with Crippen molar-refractivity contribution in [2.45, 2.75) is 51.2 Å². The minimum Gasteiger partial charge on any atom is -0.392 e. The quantitative estimate of drug-likeness (QED) is 0.686. The van der Waals surface area contributed by atoms with Gasteiger partial charge in [0.15, 0.2) is 0 Å². The molecule has 24 heavy (non-hydrogen) atoms. The number of hydrogen-bond acceptors (Lipinski definition) is 5. The lowest BCUT2D eigenvalue weighted by atomic mass is 9.96. The van der Waals surface area contributed by atoms with Crippen molar-refractivity contribution >= 4 is 5.91 Å². The Kier molecular flexibility index (Phi) is 6.62. The average Bonchev–Trinajstić information content (AvgIpc) is 3.33. The molecular formula is C18H32N4O2. The lowest BCUT2D eigenvalue weighted by molar-refractivity contribution is -0.123. The Morgan fingerprint density at radius 3 is 2.54 bits per heavy atom. The molecule has 1 heterocycles. The van der Waals surface area contributed by atoms with E-state index in [0.717, 1.165) is 51.9 Å². The molecule has 1 aliphatic heterocycles. The molecule has 0 unspecified atom stereocenters. The molecule has 0 bridgehead atoms. The molecule has 2 fully saturated rings. The molecule has 1 saturated carbocycles. The summed E-state index contributed by atoms with van der Waals surface area (Å²) in [4.78, 5) is 16.6. The van der Waals surface area contributed by atoms with Gasteiger partial charge in [0.2, 0.25) is 5.91 Å². The number of nitrogens with one attached hydrogen (secondary N) is 1. The lowest BCUT2D eigenvalue weighted by Gasteiger charge is -2.34. The van der Waals surface area contributed by atoms with Crippen molar-refractivity contribution in [1.29, 1.82) is 5.26 Å². The molecular weight excluding hydrogens is 304 g/mol. The number of aliphatic hydroxyl groups excluding tert-OH is 1. The molecule has 0 aromatic rings. The number of likely N-dealkylation sites (N-methyl/N-ethyl adjacent to an activating group) is 1. The maximum Gasteiger partial charge on any atom is 0.235 e. The summed E-state index contributed by atoms with van der Waals surface area (Å²) in [5.74, 6) is 0.855. The van der Waals surface area contributed by atoms with Crippen molar-refractivity contribution < 1.29 is 9.90 Å². The fraction of sp³-hybridized carbons (Fsp3) is 0.889. The van der Waals surface area contributed by atoms with E-state index in [1.165, 1.54) is 0 Å². The van der Waals surface area contributed by atoms with E-state index in [1.807, 2.05) is 20.9 Å². The van der Waals surface area contributed by atoms with Crippen LogP contribution in [0.5, 0.6) is 0 Å². The fourth-order valence-electron chi connectivity index (χ4n) is 3.69. The van der Waals surface area contributed by atoms with E-state index in [2.05, 4.69) is 21.2 Å². The van der Waals surface area contributed by atoms with Crippen LogP contribution in [0.4, 0.5) is 0 Å². The first-order chi connectivity index (χ1) is 11.3. The summed E-state index contributed by atoms with van der Waals surface area (Å²) in [6, 6.07) is 2.27. The topological polar surface area (TPSA) is 79.6 Å². The second-order valence-corrected chi connectivity index (χ2v) is 7.93. The third-order valence-corrected chi connectivity index (χ3v) is 5.24. The molecule has 6 nitrogen and oxygen atoms in total. The van der Waals surface area contributed by atoms with Crippen LogP contribution in [0.1, 0.15) is 39.5 Å². The van der Waals surface area contributed by atoms with Crippen LogP contribution in [0.15, 0.2) is 0 Å². The van der Waals surface area contributed by atoms with E-state index in [0.29, 0.717) is 18.4 Å². The Morgan fingerprint density at radius 2 is 2.04 bits per heavy atom. The van der Waals surface area contributed by atoms with E-state index in [1.54, 1.807) is 0 Å². The smallest absolute Gasteiger partial charge is 0.235 e. The molecule has 1 saturated heterocycles. The molecule has 2 atom stereocenters. The van der Waals surface area contributed by atoms with E-state index >= 15 is 0 Å². The molecule has 0 spiro atoms. The summed E-state index contributed by atoms with van der Waals surface area (Å²) in [6.45, 7) is 7.70. The van der Waals surface area contributed by atoms with E-state index in [4.69, 9.17) is 0 Å². The zero-order valence-electron chi connectivity index (χ0n) is 15.3. The Labute approximate surface area is 145 Å². The van der Waals surface area contributed by atoms with E-state index in [-0.39, 0.29) is 12.0 Å². The zero-order valence-corrected chi connectivity index (χ0v) is 15.3. The number of carbonyl (C=O) groups excluding carboxylic acids is 1. The van der Waals surface area contributed by atoms with Crippen molar-refractivity contribution in [2.24, 2.45) is 11.8 Å². The van der Waals surface area contributed by atoms with Crippen LogP contribution in [-0.2, 0) is 4.79 Å². The zero-order chi connectivity index (χ0) is 17.7. The van der Waals surface area contributed by atoms with Crippen LogP contribution in [0.2, 0.25) is 0 Å². The Bertz CT molecular complexity index is 464. The number of piperidine rings is 1. The van der Waals surface area contributed by atoms with Gasteiger partial charge in [-0.25, -0.2) is 0 Å². The molecule has 1 amide bonds. The molecule has 2 N–H and O–H groups in total. The summed E-state index contributed by atoms with van der Waals surface area (Å²) in [5, 5.41) is 21.7. The first-order valence-electron chi connectivity index (χ1n) is 9.13. The Hall–Kier alpha value is -1.16. The first kappa shape index (κ1) is 19.2. The summed E-state index contributed by atoms with van der Waals surface area (Å²) in [6.07, 6.45) is 4.01. The van der Waals surface area contributed by atoms with Crippen molar-refractivity contribution in [3.05, 3.63) is 0 Å². The molecule has 2 rings (SSSR count). The van der Waals surface area contributed by atoms with Gasteiger partial charge < -0.3 is 15.3 Å². The van der Waals surface area contributed by atoms with Crippen LogP contribution in [0, 0.1) is 23.2 Å². The number of carbonyl (C=O) groups is 1. The molecule has 0 radical (unpaired) electrons. The maximum absolute atomic E-state index is 12.2. The van der Waals surface area contributed by atoms with E-state index < -0.39 is 5.54 Å². The number of likely N-dealkylation sites (tertiary alicyclic amines) is 1. The summed E-state index contributed by atoms with van der Waals surface area (Å²) < 4.78 is 0. The van der Waals surface area contributed by atoms with Gasteiger partial charge in [-0.05, 0) is 71.5 Å². The van der Waals surface area contributed by atoms with Crippen molar-refractivity contribution in [3.63, 3.8) is 0 Å². The highest BCUT2D eigenvalue weighted by Crippen LogP contribution is 2.39. The normalized spacial score (nSPS) is 23.5. The fourth-order valence-corrected chi connectivity index (χ4v) is 3.69. The van der Waals surface area contributed by atoms with E-state index in [9.17, 15) is 15.2 Å². The first-order valence-corrected chi connectivity index (χ1v) is 9.13. The Balaban J connectivity index is 1.69. The second-order valence-electron chi connectivity index (χ2n) is 7.93. The highest BCUT2D eigenvalue weighted by atomic mass is 16.3. The van der Waals surface area contributed by atoms with Crippen LogP contribution in [0.25, 0.3) is 0 Å². The lowest BCUT2D eigenvalue weighted by Crippen LogP contribution is -2.50. The Morgan fingerprint density at radius 1 is 1.42 bits per heavy atom. The van der Waals surface area contributed by atoms with Gasteiger partial charge in [0.1, 0.15) is 5.54 Å². The highest BCUT2D eigenvalue weighted by molar-refractivity contribution is 5.79. The predicted octanol–water partition coefficient (Wildman–Crippen LogP) is 0.819.